The number of benzene rings is 1. The molecule has 0 aliphatic carbocycles. The molecule has 2 aromatic rings. The molecule has 0 saturated carbocycles. The Balaban J connectivity index is 1.86. The number of aliphatic imine (C=N–C) groups is 1. The van der Waals surface area contributed by atoms with Gasteiger partial charge in [0.05, 0.1) is 6.04 Å². The molecule has 1 aromatic heterocycles. The third-order valence-corrected chi connectivity index (χ3v) is 7.04. The maximum Gasteiger partial charge on any atom is 0.326 e. The lowest BCUT2D eigenvalue weighted by Gasteiger charge is -2.29. The summed E-state index contributed by atoms with van der Waals surface area (Å²) in [5, 5.41) is 15.9. The van der Waals surface area contributed by atoms with Crippen LogP contribution in [-0.4, -0.2) is 87.7 Å². The fourth-order valence-electron chi connectivity index (χ4n) is 4.61. The smallest absolute Gasteiger partial charge is 0.326 e. The maximum atomic E-state index is 13.7. The van der Waals surface area contributed by atoms with E-state index in [4.69, 9.17) is 17.2 Å². The van der Waals surface area contributed by atoms with Crippen LogP contribution in [0.25, 0.3) is 10.9 Å². The number of aliphatic carboxylic acids is 1. The number of hydrogen-bond acceptors (Lipinski definition) is 7. The number of nitrogens with two attached hydrogens (primary N) is 3. The van der Waals surface area contributed by atoms with E-state index in [0.717, 1.165) is 16.5 Å². The van der Waals surface area contributed by atoms with Crippen LogP contribution in [0, 0.1) is 0 Å². The van der Waals surface area contributed by atoms with Crippen molar-refractivity contribution in [2.75, 3.05) is 18.8 Å². The van der Waals surface area contributed by atoms with Crippen LogP contribution in [-0.2, 0) is 25.6 Å². The van der Waals surface area contributed by atoms with E-state index in [1.807, 2.05) is 24.3 Å². The maximum absolute atomic E-state index is 13.7. The molecule has 2 heterocycles. The van der Waals surface area contributed by atoms with Gasteiger partial charge in [-0.15, -0.1) is 0 Å². The monoisotopic (exact) mass is 560 g/mol. The zero-order chi connectivity index (χ0) is 28.5. The summed E-state index contributed by atoms with van der Waals surface area (Å²) in [5.74, 6) is -2.80. The van der Waals surface area contributed by atoms with Crippen LogP contribution in [0.5, 0.6) is 0 Å². The molecule has 1 aliphatic heterocycles. The number of hydrogen-bond donors (Lipinski definition) is 8. The number of nitrogens with one attached hydrogen (secondary N) is 3. The number of aromatic amines is 1. The number of aromatic nitrogens is 1. The molecular formula is C25H36N8O5S. The van der Waals surface area contributed by atoms with Gasteiger partial charge in [0.1, 0.15) is 18.1 Å². The Kier molecular flexibility index (Phi) is 10.6. The van der Waals surface area contributed by atoms with E-state index >= 15 is 0 Å². The number of thiol groups is 1. The first-order chi connectivity index (χ1) is 18.6. The van der Waals surface area contributed by atoms with E-state index in [1.54, 1.807) is 6.20 Å². The predicted octanol–water partition coefficient (Wildman–Crippen LogP) is -0.934. The van der Waals surface area contributed by atoms with E-state index in [0.29, 0.717) is 19.3 Å². The Morgan fingerprint density at radius 1 is 1.15 bits per heavy atom. The fraction of sp³-hybridized carbons (Fsp3) is 0.480. The molecule has 1 aliphatic rings. The molecule has 0 radical (unpaired) electrons. The normalized spacial score (nSPS) is 17.3. The number of carbonyl (C=O) groups excluding carboxylic acids is 3. The summed E-state index contributed by atoms with van der Waals surface area (Å²) < 4.78 is 0. The van der Waals surface area contributed by atoms with Crippen LogP contribution in [0.1, 0.15) is 31.2 Å². The summed E-state index contributed by atoms with van der Waals surface area (Å²) in [6, 6.07) is 3.50. The molecule has 212 valence electrons. The van der Waals surface area contributed by atoms with E-state index < -0.39 is 47.9 Å². The Hall–Kier alpha value is -3.78. The molecule has 3 rings (SSSR count). The van der Waals surface area contributed by atoms with E-state index in [9.17, 15) is 24.3 Å². The highest BCUT2D eigenvalue weighted by molar-refractivity contribution is 7.80. The summed E-state index contributed by atoms with van der Waals surface area (Å²) in [6.45, 7) is 0.498. The van der Waals surface area contributed by atoms with Crippen molar-refractivity contribution in [3.8, 4) is 0 Å². The van der Waals surface area contributed by atoms with E-state index in [2.05, 4.69) is 33.2 Å². The van der Waals surface area contributed by atoms with Gasteiger partial charge in [0.25, 0.3) is 0 Å². The second kappa shape index (κ2) is 13.8. The van der Waals surface area contributed by atoms with E-state index in [1.165, 1.54) is 4.90 Å². The van der Waals surface area contributed by atoms with Gasteiger partial charge in [0.15, 0.2) is 5.96 Å². The number of likely N-dealkylation sites (tertiary alicyclic amines) is 1. The second-order valence-electron chi connectivity index (χ2n) is 9.45. The molecule has 4 unspecified atom stereocenters. The molecule has 14 heteroatoms. The Morgan fingerprint density at radius 3 is 2.56 bits per heavy atom. The molecule has 3 amide bonds. The zero-order valence-corrected chi connectivity index (χ0v) is 22.4. The third-order valence-electron chi connectivity index (χ3n) is 6.65. The lowest BCUT2D eigenvalue weighted by atomic mass is 10.0. The first-order valence-electron chi connectivity index (χ1n) is 12.7. The van der Waals surface area contributed by atoms with Crippen LogP contribution >= 0.6 is 12.6 Å². The van der Waals surface area contributed by atoms with Gasteiger partial charge < -0.3 is 42.8 Å². The number of nitrogens with zero attached hydrogens (tertiary/aromatic N) is 2. The van der Waals surface area contributed by atoms with Gasteiger partial charge in [-0.25, -0.2) is 4.79 Å². The van der Waals surface area contributed by atoms with E-state index in [-0.39, 0.29) is 37.6 Å². The average molecular weight is 561 g/mol. The lowest BCUT2D eigenvalue weighted by molar-refractivity contribution is -0.149. The Morgan fingerprint density at radius 2 is 1.87 bits per heavy atom. The number of fused-ring (bicyclic) bond motifs is 1. The van der Waals surface area contributed by atoms with Gasteiger partial charge in [-0.05, 0) is 37.3 Å². The van der Waals surface area contributed by atoms with Gasteiger partial charge in [0.2, 0.25) is 17.7 Å². The highest BCUT2D eigenvalue weighted by Crippen LogP contribution is 2.23. The van der Waals surface area contributed by atoms with Crippen LogP contribution in [0.2, 0.25) is 0 Å². The van der Waals surface area contributed by atoms with Crippen molar-refractivity contribution in [3.63, 3.8) is 0 Å². The number of carboxylic acid groups (broad SMARTS) is 1. The number of guanidine groups is 1. The number of para-hydroxylation sites is 1. The molecule has 13 nitrogen and oxygen atoms in total. The quantitative estimate of drug-likeness (QED) is 0.0659. The topological polar surface area (TPSA) is 222 Å². The molecule has 0 bridgehead atoms. The Labute approximate surface area is 231 Å². The van der Waals surface area contributed by atoms with Crippen LogP contribution in [0.3, 0.4) is 0 Å². The molecule has 10 N–H and O–H groups in total. The molecule has 1 fully saturated rings. The molecular weight excluding hydrogens is 524 g/mol. The van der Waals surface area contributed by atoms with Crippen molar-refractivity contribution in [2.24, 2.45) is 22.2 Å². The molecule has 39 heavy (non-hydrogen) atoms. The van der Waals surface area contributed by atoms with Crippen molar-refractivity contribution in [2.45, 2.75) is 56.3 Å². The minimum Gasteiger partial charge on any atom is -0.480 e. The summed E-state index contributed by atoms with van der Waals surface area (Å²) in [6.07, 6.45) is 3.28. The molecule has 1 aromatic carbocycles. The van der Waals surface area contributed by atoms with Crippen molar-refractivity contribution in [1.82, 2.24) is 20.5 Å². The first kappa shape index (κ1) is 29.8. The summed E-state index contributed by atoms with van der Waals surface area (Å²) in [5.41, 5.74) is 18.2. The van der Waals surface area contributed by atoms with Gasteiger partial charge in [-0.1, -0.05) is 18.2 Å². The zero-order valence-electron chi connectivity index (χ0n) is 21.5. The van der Waals surface area contributed by atoms with Crippen LogP contribution < -0.4 is 27.8 Å². The highest BCUT2D eigenvalue weighted by atomic mass is 32.1. The van der Waals surface area contributed by atoms with Gasteiger partial charge in [-0.2, -0.15) is 12.6 Å². The first-order valence-corrected chi connectivity index (χ1v) is 13.4. The molecule has 4 atom stereocenters. The summed E-state index contributed by atoms with van der Waals surface area (Å²) in [4.78, 5) is 59.8. The number of H-pyrrole nitrogens is 1. The van der Waals surface area contributed by atoms with Crippen LogP contribution in [0.15, 0.2) is 35.5 Å². The Bertz CT molecular complexity index is 1210. The standard InChI is InChI=1S/C25H36N8O5S/c26-16(13-39)21(34)31-18(7-3-9-29-25(27)28)22(35)32-19(23(36)33-10-4-8-20(33)24(37)38)11-14-12-30-17-6-2-1-5-15(14)17/h1-2,5-6,12,16,18-20,30,39H,3-4,7-11,13,26H2,(H,31,34)(H,32,35)(H,37,38)(H4,27,28,29). The predicted molar refractivity (Wildman–Crippen MR) is 150 cm³/mol. The summed E-state index contributed by atoms with van der Waals surface area (Å²) >= 11 is 4.04. The largest absolute Gasteiger partial charge is 0.480 e. The average Bonchev–Trinajstić information content (AvgIpc) is 3.56. The van der Waals surface area contributed by atoms with Gasteiger partial charge in [-0.3, -0.25) is 19.4 Å². The SMILES string of the molecule is NC(N)=NCCCC(NC(=O)C(N)CS)C(=O)NC(Cc1c[nH]c2ccccc12)C(=O)N1CCCC1C(=O)O. The van der Waals surface area contributed by atoms with Gasteiger partial charge >= 0.3 is 5.97 Å². The minimum atomic E-state index is -1.09. The van der Waals surface area contributed by atoms with Crippen molar-refractivity contribution < 1.29 is 24.3 Å². The lowest BCUT2D eigenvalue weighted by Crippen LogP contribution is -2.57. The van der Waals surface area contributed by atoms with Crippen molar-refractivity contribution in [1.29, 1.82) is 0 Å². The number of rotatable bonds is 13. The minimum absolute atomic E-state index is 0.0708. The molecule has 0 spiro atoms. The van der Waals surface area contributed by atoms with Gasteiger partial charge in [0, 0.05) is 42.4 Å². The van der Waals surface area contributed by atoms with Crippen molar-refractivity contribution in [3.05, 3.63) is 36.0 Å². The molecule has 1 saturated heterocycles. The number of carboxylic acids is 1. The summed E-state index contributed by atoms with van der Waals surface area (Å²) in [7, 11) is 0. The number of carbonyl (C=O) groups is 4. The van der Waals surface area contributed by atoms with Crippen molar-refractivity contribution >= 4 is 53.2 Å². The second-order valence-corrected chi connectivity index (χ2v) is 9.82. The fourth-order valence-corrected chi connectivity index (χ4v) is 4.78. The third kappa shape index (κ3) is 7.86. The number of amides is 3. The highest BCUT2D eigenvalue weighted by Gasteiger charge is 2.38. The van der Waals surface area contributed by atoms with Crippen LogP contribution in [0.4, 0.5) is 0 Å².